The van der Waals surface area contributed by atoms with Crippen LogP contribution in [0.5, 0.6) is 5.75 Å². The van der Waals surface area contributed by atoms with Crippen LogP contribution in [0.2, 0.25) is 0 Å². The van der Waals surface area contributed by atoms with Gasteiger partial charge in [0, 0.05) is 13.1 Å². The zero-order valence-corrected chi connectivity index (χ0v) is 17.1. The maximum Gasteiger partial charge on any atom is 0.264 e. The fraction of sp³-hybridized carbons (Fsp3) is 0.381. The molecule has 0 aromatic heterocycles. The summed E-state index contributed by atoms with van der Waals surface area (Å²) in [6.07, 6.45) is 4.15. The van der Waals surface area contributed by atoms with E-state index >= 15 is 0 Å². The van der Waals surface area contributed by atoms with Crippen molar-refractivity contribution in [2.75, 3.05) is 25.0 Å². The van der Waals surface area contributed by atoms with Crippen molar-refractivity contribution in [3.05, 3.63) is 54.6 Å². The summed E-state index contributed by atoms with van der Waals surface area (Å²) in [5, 5.41) is 0. The average Bonchev–Trinajstić information content (AvgIpc) is 3.26. The highest BCUT2D eigenvalue weighted by atomic mass is 32.2. The highest BCUT2D eigenvalue weighted by molar-refractivity contribution is 7.92. The van der Waals surface area contributed by atoms with Crippen molar-refractivity contribution in [3.8, 4) is 5.75 Å². The maximum absolute atomic E-state index is 13.3. The second-order valence-corrected chi connectivity index (χ2v) is 8.83. The van der Waals surface area contributed by atoms with E-state index < -0.39 is 10.0 Å². The number of likely N-dealkylation sites (N-methyl/N-ethyl adjacent to an activating group) is 1. The van der Waals surface area contributed by atoms with Gasteiger partial charge in [0.15, 0.2) is 0 Å². The lowest BCUT2D eigenvalue weighted by molar-refractivity contribution is -0.130. The number of para-hydroxylation sites is 1. The first-order chi connectivity index (χ1) is 13.4. The van der Waals surface area contributed by atoms with Crippen LogP contribution in [0.4, 0.5) is 5.69 Å². The van der Waals surface area contributed by atoms with Gasteiger partial charge in [-0.3, -0.25) is 9.10 Å². The molecule has 2 aromatic carbocycles. The largest absolute Gasteiger partial charge is 0.497 e. The number of anilines is 1. The minimum Gasteiger partial charge on any atom is -0.497 e. The standard InChI is InChI=1S/C21H26N2O4S/c1-22(17-8-6-7-9-17)21(24)16-23(18-10-4-3-5-11-18)28(25,26)20-14-12-19(27-2)13-15-20/h3-5,10-15,17H,6-9,16H2,1-2H3. The molecule has 1 aliphatic carbocycles. The summed E-state index contributed by atoms with van der Waals surface area (Å²) in [6.45, 7) is -0.231. The van der Waals surface area contributed by atoms with Gasteiger partial charge in [0.2, 0.25) is 5.91 Å². The van der Waals surface area contributed by atoms with Gasteiger partial charge in [0.05, 0.1) is 17.7 Å². The zero-order valence-electron chi connectivity index (χ0n) is 16.2. The van der Waals surface area contributed by atoms with Crippen molar-refractivity contribution < 1.29 is 17.9 Å². The highest BCUT2D eigenvalue weighted by Crippen LogP contribution is 2.26. The Kier molecular flexibility index (Phi) is 6.24. The molecule has 1 saturated carbocycles. The van der Waals surface area contributed by atoms with Gasteiger partial charge >= 0.3 is 0 Å². The Labute approximate surface area is 166 Å². The normalized spacial score (nSPS) is 14.6. The lowest BCUT2D eigenvalue weighted by atomic mass is 10.2. The molecule has 0 radical (unpaired) electrons. The third-order valence-electron chi connectivity index (χ3n) is 5.24. The number of benzene rings is 2. The number of sulfonamides is 1. The molecule has 2 aromatic rings. The molecule has 0 N–H and O–H groups in total. The first-order valence-electron chi connectivity index (χ1n) is 9.41. The zero-order chi connectivity index (χ0) is 20.1. The number of methoxy groups -OCH3 is 1. The molecule has 0 heterocycles. The molecule has 1 aliphatic rings. The van der Waals surface area contributed by atoms with E-state index in [0.717, 1.165) is 25.7 Å². The summed E-state index contributed by atoms with van der Waals surface area (Å²) in [5.74, 6) is 0.370. The SMILES string of the molecule is COc1ccc(S(=O)(=O)N(CC(=O)N(C)C2CCCC2)c2ccccc2)cc1. The van der Waals surface area contributed by atoms with Crippen LogP contribution in [-0.2, 0) is 14.8 Å². The van der Waals surface area contributed by atoms with E-state index in [-0.39, 0.29) is 23.4 Å². The minimum absolute atomic E-state index is 0.119. The number of hydrogen-bond donors (Lipinski definition) is 0. The Balaban J connectivity index is 1.91. The van der Waals surface area contributed by atoms with E-state index in [4.69, 9.17) is 4.74 Å². The molecular weight excluding hydrogens is 376 g/mol. The molecule has 0 aliphatic heterocycles. The van der Waals surface area contributed by atoms with E-state index in [1.807, 2.05) is 6.07 Å². The van der Waals surface area contributed by atoms with Crippen LogP contribution in [0.3, 0.4) is 0 Å². The second kappa shape index (κ2) is 8.65. The van der Waals surface area contributed by atoms with Crippen molar-refractivity contribution >= 4 is 21.6 Å². The van der Waals surface area contributed by atoms with Gasteiger partial charge in [-0.15, -0.1) is 0 Å². The van der Waals surface area contributed by atoms with Gasteiger partial charge in [-0.1, -0.05) is 31.0 Å². The predicted molar refractivity (Wildman–Crippen MR) is 109 cm³/mol. The molecule has 28 heavy (non-hydrogen) atoms. The minimum atomic E-state index is -3.90. The third-order valence-corrected chi connectivity index (χ3v) is 7.02. The van der Waals surface area contributed by atoms with Crippen LogP contribution in [-0.4, -0.2) is 46.0 Å². The van der Waals surface area contributed by atoms with Gasteiger partial charge in [0.25, 0.3) is 10.0 Å². The summed E-state index contributed by atoms with van der Waals surface area (Å²) < 4.78 is 32.9. The fourth-order valence-corrected chi connectivity index (χ4v) is 4.93. The van der Waals surface area contributed by atoms with Crippen molar-refractivity contribution in [3.63, 3.8) is 0 Å². The van der Waals surface area contributed by atoms with E-state index in [2.05, 4.69) is 0 Å². The number of amides is 1. The maximum atomic E-state index is 13.3. The number of nitrogens with zero attached hydrogens (tertiary/aromatic N) is 2. The smallest absolute Gasteiger partial charge is 0.264 e. The summed E-state index contributed by atoms with van der Waals surface area (Å²) >= 11 is 0. The van der Waals surface area contributed by atoms with Crippen molar-refractivity contribution in [1.29, 1.82) is 0 Å². The van der Waals surface area contributed by atoms with Crippen LogP contribution in [0.1, 0.15) is 25.7 Å². The van der Waals surface area contributed by atoms with Crippen molar-refractivity contribution in [1.82, 2.24) is 4.90 Å². The van der Waals surface area contributed by atoms with Crippen LogP contribution >= 0.6 is 0 Å². The fourth-order valence-electron chi connectivity index (χ4n) is 3.51. The van der Waals surface area contributed by atoms with Gasteiger partial charge in [-0.2, -0.15) is 0 Å². The van der Waals surface area contributed by atoms with Crippen molar-refractivity contribution in [2.24, 2.45) is 0 Å². The highest BCUT2D eigenvalue weighted by Gasteiger charge is 2.30. The Hall–Kier alpha value is -2.54. The molecular formula is C21H26N2O4S. The molecule has 0 atom stereocenters. The van der Waals surface area contributed by atoms with Crippen LogP contribution in [0, 0.1) is 0 Å². The molecule has 0 saturated heterocycles. The van der Waals surface area contributed by atoms with E-state index in [9.17, 15) is 13.2 Å². The summed E-state index contributed by atoms with van der Waals surface area (Å²) in [7, 11) is -0.610. The topological polar surface area (TPSA) is 66.9 Å². The quantitative estimate of drug-likeness (QED) is 0.713. The first-order valence-corrected chi connectivity index (χ1v) is 10.8. The van der Waals surface area contributed by atoms with Crippen LogP contribution in [0.15, 0.2) is 59.5 Å². The molecule has 7 heteroatoms. The van der Waals surface area contributed by atoms with E-state index in [1.54, 1.807) is 48.3 Å². The summed E-state index contributed by atoms with van der Waals surface area (Å²) in [4.78, 5) is 14.7. The lowest BCUT2D eigenvalue weighted by Crippen LogP contribution is -2.44. The van der Waals surface area contributed by atoms with Gasteiger partial charge < -0.3 is 9.64 Å². The van der Waals surface area contributed by atoms with E-state index in [0.29, 0.717) is 11.4 Å². The number of hydrogen-bond acceptors (Lipinski definition) is 4. The lowest BCUT2D eigenvalue weighted by Gasteiger charge is -2.29. The first kappa shape index (κ1) is 20.2. The van der Waals surface area contributed by atoms with Gasteiger partial charge in [0.1, 0.15) is 12.3 Å². The third kappa shape index (κ3) is 4.30. The Bertz CT molecular complexity index is 892. The Morgan fingerprint density at radius 3 is 2.21 bits per heavy atom. The molecule has 1 fully saturated rings. The van der Waals surface area contributed by atoms with Crippen LogP contribution in [0.25, 0.3) is 0 Å². The average molecular weight is 403 g/mol. The summed E-state index contributed by atoms with van der Waals surface area (Å²) in [5.41, 5.74) is 0.464. The molecule has 6 nitrogen and oxygen atoms in total. The number of rotatable bonds is 7. The molecule has 0 unspecified atom stereocenters. The predicted octanol–water partition coefficient (Wildman–Crippen LogP) is 3.29. The second-order valence-electron chi connectivity index (χ2n) is 6.97. The monoisotopic (exact) mass is 402 g/mol. The number of carbonyl (C=O) groups is 1. The van der Waals surface area contributed by atoms with E-state index in [1.165, 1.54) is 23.5 Å². The molecule has 3 rings (SSSR count). The Morgan fingerprint density at radius 2 is 1.64 bits per heavy atom. The number of ether oxygens (including phenoxy) is 1. The number of carbonyl (C=O) groups excluding carboxylic acids is 1. The van der Waals surface area contributed by atoms with Gasteiger partial charge in [-0.05, 0) is 49.2 Å². The van der Waals surface area contributed by atoms with Crippen LogP contribution < -0.4 is 9.04 Å². The molecule has 0 spiro atoms. The molecule has 0 bridgehead atoms. The van der Waals surface area contributed by atoms with Gasteiger partial charge in [-0.25, -0.2) is 8.42 Å². The summed E-state index contributed by atoms with van der Waals surface area (Å²) in [6, 6.07) is 15.1. The van der Waals surface area contributed by atoms with Crippen molar-refractivity contribution in [2.45, 2.75) is 36.6 Å². The molecule has 150 valence electrons. The molecule has 1 amide bonds. The Morgan fingerprint density at radius 1 is 1.04 bits per heavy atom.